The Morgan fingerprint density at radius 1 is 1.04 bits per heavy atom. The van der Waals surface area contributed by atoms with Gasteiger partial charge in [-0.3, -0.25) is 0 Å². The molecule has 1 aliphatic heterocycles. The van der Waals surface area contributed by atoms with Crippen LogP contribution in [0.25, 0.3) is 0 Å². The first-order valence-corrected chi connectivity index (χ1v) is 11.7. The summed E-state index contributed by atoms with van der Waals surface area (Å²) in [5.41, 5.74) is 1.74. The van der Waals surface area contributed by atoms with Crippen LogP contribution in [-0.2, 0) is 6.42 Å². The SMILES string of the molecule is CC(C)C(C)CCCN1CCC(CCOc2ccc(CC(C)(C)C)cc2)CC1. The highest BCUT2D eigenvalue weighted by Crippen LogP contribution is 2.24. The van der Waals surface area contributed by atoms with Crippen LogP contribution >= 0.6 is 0 Å². The van der Waals surface area contributed by atoms with Gasteiger partial charge in [-0.25, -0.2) is 0 Å². The van der Waals surface area contributed by atoms with Gasteiger partial charge in [0.25, 0.3) is 0 Å². The Balaban J connectivity index is 1.58. The number of hydrogen-bond acceptors (Lipinski definition) is 2. The van der Waals surface area contributed by atoms with Crippen molar-refractivity contribution in [3.8, 4) is 5.75 Å². The van der Waals surface area contributed by atoms with Crippen LogP contribution in [0.4, 0.5) is 0 Å². The van der Waals surface area contributed by atoms with Gasteiger partial charge < -0.3 is 9.64 Å². The van der Waals surface area contributed by atoms with Gasteiger partial charge in [-0.2, -0.15) is 0 Å². The Morgan fingerprint density at radius 2 is 1.68 bits per heavy atom. The second-order valence-electron chi connectivity index (χ2n) is 10.7. The van der Waals surface area contributed by atoms with Crippen molar-refractivity contribution in [2.45, 2.75) is 80.1 Å². The van der Waals surface area contributed by atoms with E-state index in [0.29, 0.717) is 5.41 Å². The predicted octanol–water partition coefficient (Wildman–Crippen LogP) is 6.83. The molecule has 1 atom stereocenters. The van der Waals surface area contributed by atoms with Gasteiger partial charge in [-0.05, 0) is 99.0 Å². The minimum Gasteiger partial charge on any atom is -0.494 e. The number of likely N-dealkylation sites (tertiary alicyclic amines) is 1. The summed E-state index contributed by atoms with van der Waals surface area (Å²) in [6.07, 6.45) is 7.73. The maximum atomic E-state index is 6.02. The van der Waals surface area contributed by atoms with Gasteiger partial charge in [0.15, 0.2) is 0 Å². The molecule has 0 aromatic heterocycles. The van der Waals surface area contributed by atoms with Gasteiger partial charge in [-0.1, -0.05) is 53.7 Å². The largest absolute Gasteiger partial charge is 0.494 e. The van der Waals surface area contributed by atoms with Crippen molar-refractivity contribution >= 4 is 0 Å². The molecule has 1 aliphatic rings. The number of hydrogen-bond donors (Lipinski definition) is 0. The summed E-state index contributed by atoms with van der Waals surface area (Å²) in [4.78, 5) is 2.68. The van der Waals surface area contributed by atoms with Crippen LogP contribution < -0.4 is 4.74 Å². The minimum atomic E-state index is 0.337. The van der Waals surface area contributed by atoms with Crippen molar-refractivity contribution in [2.75, 3.05) is 26.2 Å². The van der Waals surface area contributed by atoms with Crippen molar-refractivity contribution in [3.63, 3.8) is 0 Å². The van der Waals surface area contributed by atoms with Crippen molar-refractivity contribution in [1.29, 1.82) is 0 Å². The van der Waals surface area contributed by atoms with Crippen molar-refractivity contribution in [3.05, 3.63) is 29.8 Å². The molecule has 0 bridgehead atoms. The van der Waals surface area contributed by atoms with Gasteiger partial charge in [0.05, 0.1) is 6.61 Å². The van der Waals surface area contributed by atoms with Crippen LogP contribution in [0.1, 0.15) is 79.2 Å². The van der Waals surface area contributed by atoms with E-state index in [1.54, 1.807) is 0 Å². The van der Waals surface area contributed by atoms with Crippen molar-refractivity contribution < 1.29 is 4.74 Å². The van der Waals surface area contributed by atoms with E-state index in [2.05, 4.69) is 70.7 Å². The molecule has 1 aromatic carbocycles. The second kappa shape index (κ2) is 11.2. The summed E-state index contributed by atoms with van der Waals surface area (Å²) in [5, 5.41) is 0. The highest BCUT2D eigenvalue weighted by molar-refractivity contribution is 5.27. The Labute approximate surface area is 175 Å². The summed E-state index contributed by atoms with van der Waals surface area (Å²) in [5.74, 6) is 3.54. The molecule has 1 unspecified atom stereocenters. The van der Waals surface area contributed by atoms with E-state index in [1.807, 2.05) is 0 Å². The fourth-order valence-electron chi connectivity index (χ4n) is 4.13. The maximum absolute atomic E-state index is 6.02. The number of piperidine rings is 1. The topological polar surface area (TPSA) is 12.5 Å². The molecular formula is C26H45NO. The number of rotatable bonds is 10. The molecule has 1 fully saturated rings. The van der Waals surface area contributed by atoms with E-state index in [1.165, 1.54) is 57.3 Å². The average Bonchev–Trinajstić information content (AvgIpc) is 2.63. The molecule has 0 aliphatic carbocycles. The zero-order valence-corrected chi connectivity index (χ0v) is 19.5. The molecule has 2 heteroatoms. The smallest absolute Gasteiger partial charge is 0.119 e. The van der Waals surface area contributed by atoms with Gasteiger partial charge >= 0.3 is 0 Å². The molecule has 28 heavy (non-hydrogen) atoms. The summed E-state index contributed by atoms with van der Waals surface area (Å²) >= 11 is 0. The van der Waals surface area contributed by atoms with Crippen LogP contribution in [0, 0.1) is 23.2 Å². The van der Waals surface area contributed by atoms with E-state index in [0.717, 1.165) is 36.5 Å². The lowest BCUT2D eigenvalue weighted by molar-refractivity contribution is 0.158. The third-order valence-corrected chi connectivity index (χ3v) is 6.43. The van der Waals surface area contributed by atoms with E-state index in [-0.39, 0.29) is 0 Å². The number of nitrogens with zero attached hydrogens (tertiary/aromatic N) is 1. The van der Waals surface area contributed by atoms with Gasteiger partial charge in [0.2, 0.25) is 0 Å². The third-order valence-electron chi connectivity index (χ3n) is 6.43. The third kappa shape index (κ3) is 8.99. The highest BCUT2D eigenvalue weighted by atomic mass is 16.5. The molecule has 0 saturated carbocycles. The lowest BCUT2D eigenvalue weighted by Crippen LogP contribution is -2.35. The first-order valence-electron chi connectivity index (χ1n) is 11.7. The van der Waals surface area contributed by atoms with Crippen molar-refractivity contribution in [1.82, 2.24) is 4.90 Å². The monoisotopic (exact) mass is 387 g/mol. The normalized spacial score (nSPS) is 17.8. The van der Waals surface area contributed by atoms with E-state index >= 15 is 0 Å². The van der Waals surface area contributed by atoms with Crippen LogP contribution in [0.15, 0.2) is 24.3 Å². The lowest BCUT2D eigenvalue weighted by Gasteiger charge is -2.32. The molecule has 1 heterocycles. The molecular weight excluding hydrogens is 342 g/mol. The molecule has 0 spiro atoms. The minimum absolute atomic E-state index is 0.337. The fraction of sp³-hybridized carbons (Fsp3) is 0.769. The Hall–Kier alpha value is -1.02. The van der Waals surface area contributed by atoms with Crippen LogP contribution in [-0.4, -0.2) is 31.1 Å². The van der Waals surface area contributed by atoms with E-state index in [9.17, 15) is 0 Å². The van der Waals surface area contributed by atoms with Crippen molar-refractivity contribution in [2.24, 2.45) is 23.2 Å². The van der Waals surface area contributed by atoms with Crippen LogP contribution in [0.2, 0.25) is 0 Å². The lowest BCUT2D eigenvalue weighted by atomic mass is 9.88. The molecule has 2 nitrogen and oxygen atoms in total. The standard InChI is InChI=1S/C26H45NO/c1-21(2)22(3)8-7-16-27-17-13-23(14-18-27)15-19-28-25-11-9-24(10-12-25)20-26(4,5)6/h9-12,21-23H,7-8,13-20H2,1-6H3. The quantitative estimate of drug-likeness (QED) is 0.436. The molecule has 2 rings (SSSR count). The predicted molar refractivity (Wildman–Crippen MR) is 122 cm³/mol. The Morgan fingerprint density at radius 3 is 2.25 bits per heavy atom. The summed E-state index contributed by atoms with van der Waals surface area (Å²) in [7, 11) is 0. The molecule has 0 radical (unpaired) electrons. The van der Waals surface area contributed by atoms with E-state index < -0.39 is 0 Å². The Bertz CT molecular complexity index is 535. The average molecular weight is 388 g/mol. The highest BCUT2D eigenvalue weighted by Gasteiger charge is 2.19. The second-order valence-corrected chi connectivity index (χ2v) is 10.7. The van der Waals surface area contributed by atoms with Crippen LogP contribution in [0.5, 0.6) is 5.75 Å². The zero-order chi connectivity index (χ0) is 20.6. The zero-order valence-electron chi connectivity index (χ0n) is 19.5. The first-order chi connectivity index (χ1) is 13.2. The number of ether oxygens (including phenoxy) is 1. The van der Waals surface area contributed by atoms with Gasteiger partial charge in [0, 0.05) is 0 Å². The van der Waals surface area contributed by atoms with Gasteiger partial charge in [0.1, 0.15) is 5.75 Å². The molecule has 160 valence electrons. The Kier molecular flexibility index (Phi) is 9.34. The molecule has 0 N–H and O–H groups in total. The maximum Gasteiger partial charge on any atom is 0.119 e. The summed E-state index contributed by atoms with van der Waals surface area (Å²) < 4.78 is 6.02. The molecule has 1 saturated heterocycles. The summed E-state index contributed by atoms with van der Waals surface area (Å²) in [6.45, 7) is 18.7. The number of benzene rings is 1. The molecule has 0 amide bonds. The van der Waals surface area contributed by atoms with Gasteiger partial charge in [-0.15, -0.1) is 0 Å². The summed E-state index contributed by atoms with van der Waals surface area (Å²) in [6, 6.07) is 8.72. The molecule has 1 aromatic rings. The van der Waals surface area contributed by atoms with E-state index in [4.69, 9.17) is 4.74 Å². The fourth-order valence-corrected chi connectivity index (χ4v) is 4.13. The van der Waals surface area contributed by atoms with Crippen LogP contribution in [0.3, 0.4) is 0 Å². The first kappa shape index (κ1) is 23.3.